The molecule has 4 nitrogen and oxygen atoms in total. The van der Waals surface area contributed by atoms with Crippen molar-refractivity contribution in [1.29, 1.82) is 0 Å². The number of allylic oxidation sites excluding steroid dienone is 2. The molecule has 0 N–H and O–H groups in total. The number of carbonyl (C=O) groups is 2. The number of rotatable bonds is 18. The maximum absolute atomic E-state index is 11.6. The summed E-state index contributed by atoms with van der Waals surface area (Å²) < 4.78 is 9.51. The lowest BCUT2D eigenvalue weighted by atomic mass is 10.1. The maximum atomic E-state index is 11.6. The minimum absolute atomic E-state index is 0.289. The molecule has 0 bridgehead atoms. The van der Waals surface area contributed by atoms with Crippen LogP contribution in [-0.2, 0) is 14.3 Å². The average molecular weight is 397 g/mol. The molecule has 0 aromatic rings. The molecule has 0 saturated heterocycles. The highest BCUT2D eigenvalue weighted by molar-refractivity contribution is 5.81. The topological polar surface area (TPSA) is 52.6 Å². The van der Waals surface area contributed by atoms with Gasteiger partial charge in [-0.1, -0.05) is 84.3 Å². The van der Waals surface area contributed by atoms with E-state index in [4.69, 9.17) is 4.74 Å². The van der Waals surface area contributed by atoms with Gasteiger partial charge in [0, 0.05) is 6.42 Å². The lowest BCUT2D eigenvalue weighted by Crippen LogP contribution is -2.14. The van der Waals surface area contributed by atoms with E-state index in [1.54, 1.807) is 0 Å². The number of esters is 1. The Bertz CT molecular complexity index is 401. The lowest BCUT2D eigenvalue weighted by molar-refractivity contribution is -0.140. The highest BCUT2D eigenvalue weighted by Gasteiger charge is 2.11. The van der Waals surface area contributed by atoms with Crippen molar-refractivity contribution in [2.24, 2.45) is 5.92 Å². The van der Waals surface area contributed by atoms with Crippen molar-refractivity contribution in [1.82, 2.24) is 0 Å². The molecule has 28 heavy (non-hydrogen) atoms. The molecule has 0 saturated carbocycles. The standard InChI is InChI=1S/C24H44O4/c1-4-5-6-7-8-9-10-11-12-13-14-15-16-17-18-19-23(25)28-24(26)27-21-20-22(2)3/h11-12,22H,4-10,13-21H2,1-3H3. The number of carbonyl (C=O) groups excluding carboxylic acids is 2. The number of unbranched alkanes of at least 4 members (excludes halogenated alkanes) is 11. The summed E-state index contributed by atoms with van der Waals surface area (Å²) in [6.07, 6.45) is 20.7. The molecule has 0 heterocycles. The summed E-state index contributed by atoms with van der Waals surface area (Å²) in [4.78, 5) is 22.9. The van der Waals surface area contributed by atoms with Gasteiger partial charge in [0.1, 0.15) is 0 Å². The molecule has 0 aliphatic rings. The second kappa shape index (κ2) is 20.4. The first kappa shape index (κ1) is 26.7. The van der Waals surface area contributed by atoms with E-state index in [1.165, 1.54) is 57.8 Å². The van der Waals surface area contributed by atoms with Crippen LogP contribution in [0.25, 0.3) is 0 Å². The zero-order valence-electron chi connectivity index (χ0n) is 18.7. The summed E-state index contributed by atoms with van der Waals surface area (Å²) in [6, 6.07) is 0. The number of hydrogen-bond acceptors (Lipinski definition) is 4. The first-order valence-corrected chi connectivity index (χ1v) is 11.6. The Morgan fingerprint density at radius 3 is 1.89 bits per heavy atom. The molecule has 0 aromatic carbocycles. The Balaban J connectivity index is 3.34. The van der Waals surface area contributed by atoms with E-state index in [9.17, 15) is 9.59 Å². The minimum atomic E-state index is -0.863. The van der Waals surface area contributed by atoms with Gasteiger partial charge in [0.15, 0.2) is 0 Å². The van der Waals surface area contributed by atoms with E-state index in [1.807, 2.05) is 13.8 Å². The van der Waals surface area contributed by atoms with E-state index in [-0.39, 0.29) is 6.42 Å². The molecule has 0 amide bonds. The monoisotopic (exact) mass is 396 g/mol. The molecule has 4 heteroatoms. The Kier molecular flexibility index (Phi) is 19.5. The molecule has 0 fully saturated rings. The zero-order valence-corrected chi connectivity index (χ0v) is 18.7. The third-order valence-electron chi connectivity index (χ3n) is 4.75. The maximum Gasteiger partial charge on any atom is 0.516 e. The van der Waals surface area contributed by atoms with Gasteiger partial charge < -0.3 is 9.47 Å². The third-order valence-corrected chi connectivity index (χ3v) is 4.75. The predicted molar refractivity (Wildman–Crippen MR) is 116 cm³/mol. The molecule has 0 aliphatic carbocycles. The van der Waals surface area contributed by atoms with Crippen LogP contribution in [0.2, 0.25) is 0 Å². The number of ether oxygens (including phenoxy) is 2. The Morgan fingerprint density at radius 1 is 0.786 bits per heavy atom. The van der Waals surface area contributed by atoms with Crippen LogP contribution in [-0.4, -0.2) is 18.7 Å². The fourth-order valence-corrected chi connectivity index (χ4v) is 2.89. The summed E-state index contributed by atoms with van der Waals surface area (Å²) in [5, 5.41) is 0. The summed E-state index contributed by atoms with van der Waals surface area (Å²) >= 11 is 0. The zero-order chi connectivity index (χ0) is 20.9. The van der Waals surface area contributed by atoms with Crippen LogP contribution in [0.5, 0.6) is 0 Å². The molecule has 0 rings (SSSR count). The lowest BCUT2D eigenvalue weighted by Gasteiger charge is -2.06. The van der Waals surface area contributed by atoms with Crippen molar-refractivity contribution < 1.29 is 19.1 Å². The predicted octanol–water partition coefficient (Wildman–Crippen LogP) is 7.75. The largest absolute Gasteiger partial charge is 0.516 e. The fraction of sp³-hybridized carbons (Fsp3) is 0.833. The van der Waals surface area contributed by atoms with Crippen LogP contribution < -0.4 is 0 Å². The Hall–Kier alpha value is -1.32. The first-order chi connectivity index (χ1) is 13.6. The Morgan fingerprint density at radius 2 is 1.32 bits per heavy atom. The fourth-order valence-electron chi connectivity index (χ4n) is 2.89. The second-order valence-corrected chi connectivity index (χ2v) is 8.09. The summed E-state index contributed by atoms with van der Waals surface area (Å²) in [5.41, 5.74) is 0. The molecule has 0 unspecified atom stereocenters. The van der Waals surface area contributed by atoms with Crippen molar-refractivity contribution in [3.63, 3.8) is 0 Å². The van der Waals surface area contributed by atoms with Gasteiger partial charge >= 0.3 is 12.1 Å². The first-order valence-electron chi connectivity index (χ1n) is 11.6. The van der Waals surface area contributed by atoms with Crippen LogP contribution in [0.1, 0.15) is 117 Å². The molecule has 0 aromatic heterocycles. The van der Waals surface area contributed by atoms with E-state index >= 15 is 0 Å². The van der Waals surface area contributed by atoms with Gasteiger partial charge in [0.05, 0.1) is 6.61 Å². The van der Waals surface area contributed by atoms with Crippen molar-refractivity contribution in [2.75, 3.05) is 6.61 Å². The number of hydrogen-bond donors (Lipinski definition) is 0. The molecule has 0 atom stereocenters. The van der Waals surface area contributed by atoms with Gasteiger partial charge in [0.25, 0.3) is 0 Å². The molecule has 0 radical (unpaired) electrons. The SMILES string of the molecule is CCCCCCCCC=CCCCCCCCC(=O)OC(=O)OCCC(C)C. The van der Waals surface area contributed by atoms with Crippen LogP contribution in [0.3, 0.4) is 0 Å². The third kappa shape index (κ3) is 21.0. The molecule has 0 spiro atoms. The molecular formula is C24H44O4. The van der Waals surface area contributed by atoms with Gasteiger partial charge in [-0.3, -0.25) is 4.79 Å². The van der Waals surface area contributed by atoms with Crippen molar-refractivity contribution in [3.05, 3.63) is 12.2 Å². The van der Waals surface area contributed by atoms with E-state index in [2.05, 4.69) is 23.8 Å². The quantitative estimate of drug-likeness (QED) is 0.103. The van der Waals surface area contributed by atoms with Gasteiger partial charge in [-0.2, -0.15) is 0 Å². The van der Waals surface area contributed by atoms with Crippen molar-refractivity contribution >= 4 is 12.1 Å². The van der Waals surface area contributed by atoms with Crippen molar-refractivity contribution in [3.8, 4) is 0 Å². The Labute approximate surface area is 173 Å². The summed E-state index contributed by atoms with van der Waals surface area (Å²) in [5.74, 6) is -0.0218. The van der Waals surface area contributed by atoms with E-state index in [0.717, 1.165) is 32.1 Å². The van der Waals surface area contributed by atoms with Crippen LogP contribution in [0.4, 0.5) is 4.79 Å². The van der Waals surface area contributed by atoms with Crippen molar-refractivity contribution in [2.45, 2.75) is 117 Å². The normalized spacial score (nSPS) is 11.3. The van der Waals surface area contributed by atoms with Gasteiger partial charge in [-0.05, 0) is 44.4 Å². The van der Waals surface area contributed by atoms with E-state index in [0.29, 0.717) is 12.5 Å². The average Bonchev–Trinajstić information content (AvgIpc) is 2.64. The van der Waals surface area contributed by atoms with Crippen LogP contribution >= 0.6 is 0 Å². The van der Waals surface area contributed by atoms with Crippen LogP contribution in [0, 0.1) is 5.92 Å². The summed E-state index contributed by atoms with van der Waals surface area (Å²) in [7, 11) is 0. The van der Waals surface area contributed by atoms with E-state index < -0.39 is 12.1 Å². The molecule has 164 valence electrons. The van der Waals surface area contributed by atoms with Gasteiger partial charge in [-0.25, -0.2) is 4.79 Å². The second-order valence-electron chi connectivity index (χ2n) is 8.09. The van der Waals surface area contributed by atoms with Crippen LogP contribution in [0.15, 0.2) is 12.2 Å². The van der Waals surface area contributed by atoms with Gasteiger partial charge in [-0.15, -0.1) is 0 Å². The minimum Gasteiger partial charge on any atom is -0.434 e. The molecular weight excluding hydrogens is 352 g/mol. The summed E-state index contributed by atoms with van der Waals surface area (Å²) in [6.45, 7) is 6.65. The highest BCUT2D eigenvalue weighted by Crippen LogP contribution is 2.10. The molecule has 0 aliphatic heterocycles. The van der Waals surface area contributed by atoms with Gasteiger partial charge in [0.2, 0.25) is 0 Å². The highest BCUT2D eigenvalue weighted by atomic mass is 16.7. The smallest absolute Gasteiger partial charge is 0.434 e.